The van der Waals surface area contributed by atoms with Crippen LogP contribution in [0.15, 0.2) is 12.2 Å². The average Bonchev–Trinajstić information content (AvgIpc) is 2.99. The van der Waals surface area contributed by atoms with E-state index < -0.39 is 40.3 Å². The zero-order chi connectivity index (χ0) is 17.1. The molecular formula is C19H24O5. The minimum Gasteiger partial charge on any atom is -0.481 e. The van der Waals surface area contributed by atoms with Gasteiger partial charge >= 0.3 is 11.9 Å². The van der Waals surface area contributed by atoms with E-state index in [1.807, 2.05) is 6.92 Å². The van der Waals surface area contributed by atoms with Gasteiger partial charge in [0.25, 0.3) is 0 Å². The summed E-state index contributed by atoms with van der Waals surface area (Å²) in [5.41, 5.74) is -1.03. The van der Waals surface area contributed by atoms with Crippen LogP contribution in [-0.4, -0.2) is 33.9 Å². The number of allylic oxidation sites excluding steroid dienone is 1. The maximum atomic E-state index is 12.7. The number of fused-ring (bicyclic) bond motifs is 1. The number of hydrogen-bond acceptors (Lipinski definition) is 4. The number of carbonyl (C=O) groups is 2. The van der Waals surface area contributed by atoms with Crippen LogP contribution in [0.5, 0.6) is 0 Å². The van der Waals surface area contributed by atoms with Gasteiger partial charge in [-0.15, -0.1) is 0 Å². The zero-order valence-electron chi connectivity index (χ0n) is 14.0. The SMILES string of the molecule is C=C1CC23CC1CCC2C12OC(=O)C(C)(CCC1O)C2C3C(=O)O. The van der Waals surface area contributed by atoms with E-state index in [2.05, 4.69) is 6.58 Å². The summed E-state index contributed by atoms with van der Waals surface area (Å²) < 4.78 is 5.96. The molecule has 0 aromatic heterocycles. The highest BCUT2D eigenvalue weighted by molar-refractivity contribution is 5.85. The molecule has 8 unspecified atom stereocenters. The lowest BCUT2D eigenvalue weighted by molar-refractivity contribution is -0.175. The number of aliphatic hydroxyl groups is 1. The fraction of sp³-hybridized carbons (Fsp3) is 0.789. The number of carboxylic acids is 1. The van der Waals surface area contributed by atoms with Crippen molar-refractivity contribution in [3.05, 3.63) is 12.2 Å². The smallest absolute Gasteiger partial charge is 0.312 e. The lowest BCUT2D eigenvalue weighted by Gasteiger charge is -2.46. The standard InChI is InChI=1S/C19H24O5/c1-9-7-18-8-10(9)3-4-11(18)19-12(20)5-6-17(2,16(23)24-19)14(19)13(18)15(21)22/h10-14,20H,1,3-8H2,2H3,(H,21,22). The number of aliphatic hydroxyl groups excluding tert-OH is 1. The Morgan fingerprint density at radius 3 is 2.79 bits per heavy atom. The first-order valence-electron chi connectivity index (χ1n) is 9.09. The van der Waals surface area contributed by atoms with Gasteiger partial charge in [0.15, 0.2) is 0 Å². The average molecular weight is 332 g/mol. The van der Waals surface area contributed by atoms with Crippen LogP contribution < -0.4 is 0 Å². The van der Waals surface area contributed by atoms with Gasteiger partial charge in [0.05, 0.1) is 17.4 Å². The summed E-state index contributed by atoms with van der Waals surface area (Å²) in [6.07, 6.45) is 3.60. The molecule has 4 bridgehead atoms. The first-order valence-corrected chi connectivity index (χ1v) is 9.09. The molecule has 5 fully saturated rings. The van der Waals surface area contributed by atoms with E-state index in [4.69, 9.17) is 4.74 Å². The summed E-state index contributed by atoms with van der Waals surface area (Å²) in [6, 6.07) is 0. The lowest BCUT2D eigenvalue weighted by atomic mass is 9.59. The van der Waals surface area contributed by atoms with Crippen LogP contribution in [0, 0.1) is 34.5 Å². The first-order chi connectivity index (χ1) is 11.3. The number of ether oxygens (including phenoxy) is 1. The summed E-state index contributed by atoms with van der Waals surface area (Å²) in [7, 11) is 0. The number of carbonyl (C=O) groups excluding carboxylic acids is 1. The van der Waals surface area contributed by atoms with Crippen LogP contribution in [0.25, 0.3) is 0 Å². The van der Waals surface area contributed by atoms with Crippen LogP contribution in [-0.2, 0) is 14.3 Å². The monoisotopic (exact) mass is 332 g/mol. The Hall–Kier alpha value is -1.36. The van der Waals surface area contributed by atoms with Crippen molar-refractivity contribution in [2.75, 3.05) is 0 Å². The molecule has 1 saturated heterocycles. The fourth-order valence-electron chi connectivity index (χ4n) is 7.63. The molecule has 0 aromatic carbocycles. The van der Waals surface area contributed by atoms with Crippen molar-refractivity contribution in [3.8, 4) is 0 Å². The van der Waals surface area contributed by atoms with Gasteiger partial charge in [-0.3, -0.25) is 9.59 Å². The summed E-state index contributed by atoms with van der Waals surface area (Å²) in [6.45, 7) is 6.07. The summed E-state index contributed by atoms with van der Waals surface area (Å²) in [4.78, 5) is 25.1. The second-order valence-corrected chi connectivity index (χ2v) is 9.11. The number of carboxylic acid groups (broad SMARTS) is 1. The lowest BCUT2D eigenvalue weighted by Crippen LogP contribution is -2.56. The number of esters is 1. The topological polar surface area (TPSA) is 83.8 Å². The molecule has 5 nitrogen and oxygen atoms in total. The highest BCUT2D eigenvalue weighted by Gasteiger charge is 2.83. The second kappa shape index (κ2) is 4.06. The third-order valence-electron chi connectivity index (χ3n) is 8.39. The molecule has 2 N–H and O–H groups in total. The normalized spacial score (nSPS) is 57.5. The van der Waals surface area contributed by atoms with E-state index in [-0.39, 0.29) is 11.9 Å². The van der Waals surface area contributed by atoms with E-state index >= 15 is 0 Å². The molecule has 130 valence electrons. The minimum absolute atomic E-state index is 0.0623. The Kier molecular flexibility index (Phi) is 2.53. The van der Waals surface area contributed by atoms with Gasteiger partial charge in [-0.25, -0.2) is 0 Å². The molecule has 5 heteroatoms. The molecular weight excluding hydrogens is 308 g/mol. The maximum Gasteiger partial charge on any atom is 0.312 e. The van der Waals surface area contributed by atoms with Gasteiger partial charge in [-0.1, -0.05) is 12.2 Å². The number of hydrogen-bond donors (Lipinski definition) is 2. The maximum absolute atomic E-state index is 12.7. The highest BCUT2D eigenvalue weighted by atomic mass is 16.6. The number of aliphatic carboxylic acids is 1. The Morgan fingerprint density at radius 1 is 1.33 bits per heavy atom. The van der Waals surface area contributed by atoms with Crippen LogP contribution >= 0.6 is 0 Å². The summed E-state index contributed by atoms with van der Waals surface area (Å²) in [5.74, 6) is -1.86. The molecule has 0 amide bonds. The summed E-state index contributed by atoms with van der Waals surface area (Å²) in [5, 5.41) is 21.1. The van der Waals surface area contributed by atoms with Crippen LogP contribution in [0.1, 0.15) is 45.4 Å². The first kappa shape index (κ1) is 14.9. The molecule has 4 saturated carbocycles. The van der Waals surface area contributed by atoms with Crippen LogP contribution in [0.4, 0.5) is 0 Å². The Balaban J connectivity index is 1.77. The van der Waals surface area contributed by atoms with E-state index in [9.17, 15) is 19.8 Å². The van der Waals surface area contributed by atoms with Gasteiger partial charge in [0.2, 0.25) is 0 Å². The Labute approximate surface area is 141 Å². The molecule has 1 heterocycles. The predicted octanol–water partition coefficient (Wildman–Crippen LogP) is 2.14. The molecule has 0 aromatic rings. The molecule has 0 radical (unpaired) electrons. The molecule has 5 aliphatic rings. The van der Waals surface area contributed by atoms with E-state index in [1.165, 1.54) is 0 Å². The molecule has 8 atom stereocenters. The highest BCUT2D eigenvalue weighted by Crippen LogP contribution is 2.77. The summed E-state index contributed by atoms with van der Waals surface area (Å²) >= 11 is 0. The van der Waals surface area contributed by atoms with Gasteiger partial charge in [0.1, 0.15) is 5.60 Å². The third-order valence-corrected chi connectivity index (χ3v) is 8.39. The van der Waals surface area contributed by atoms with Crippen molar-refractivity contribution in [2.24, 2.45) is 34.5 Å². The largest absolute Gasteiger partial charge is 0.481 e. The second-order valence-electron chi connectivity index (χ2n) is 9.11. The van der Waals surface area contributed by atoms with E-state index in [0.717, 1.165) is 24.8 Å². The minimum atomic E-state index is -0.997. The number of rotatable bonds is 1. The van der Waals surface area contributed by atoms with Crippen molar-refractivity contribution in [1.29, 1.82) is 0 Å². The Morgan fingerprint density at radius 2 is 2.08 bits per heavy atom. The van der Waals surface area contributed by atoms with Gasteiger partial charge in [0, 0.05) is 11.8 Å². The van der Waals surface area contributed by atoms with Crippen molar-refractivity contribution >= 4 is 11.9 Å². The van der Waals surface area contributed by atoms with Crippen LogP contribution in [0.2, 0.25) is 0 Å². The molecule has 1 spiro atoms. The molecule has 1 aliphatic heterocycles. The van der Waals surface area contributed by atoms with Crippen molar-refractivity contribution in [1.82, 2.24) is 0 Å². The quantitative estimate of drug-likeness (QED) is 0.568. The van der Waals surface area contributed by atoms with E-state index in [1.54, 1.807) is 0 Å². The predicted molar refractivity (Wildman–Crippen MR) is 83.8 cm³/mol. The van der Waals surface area contributed by atoms with Gasteiger partial charge < -0.3 is 14.9 Å². The Bertz CT molecular complexity index is 685. The van der Waals surface area contributed by atoms with E-state index in [0.29, 0.717) is 25.2 Å². The van der Waals surface area contributed by atoms with Gasteiger partial charge in [-0.2, -0.15) is 0 Å². The third kappa shape index (κ3) is 1.29. The molecule has 4 aliphatic carbocycles. The zero-order valence-corrected chi connectivity index (χ0v) is 14.0. The van der Waals surface area contributed by atoms with Crippen molar-refractivity contribution < 1.29 is 24.5 Å². The van der Waals surface area contributed by atoms with Gasteiger partial charge in [-0.05, 0) is 56.8 Å². The fourth-order valence-corrected chi connectivity index (χ4v) is 7.63. The molecule has 5 rings (SSSR count). The molecule has 24 heavy (non-hydrogen) atoms. The van der Waals surface area contributed by atoms with Crippen molar-refractivity contribution in [2.45, 2.75) is 57.2 Å². The van der Waals surface area contributed by atoms with Crippen LogP contribution in [0.3, 0.4) is 0 Å². The van der Waals surface area contributed by atoms with Crippen molar-refractivity contribution in [3.63, 3.8) is 0 Å².